The molecule has 7 nitrogen and oxygen atoms in total. The van der Waals surface area contributed by atoms with E-state index in [2.05, 4.69) is 5.32 Å². The predicted octanol–water partition coefficient (Wildman–Crippen LogP) is 3.01. The van der Waals surface area contributed by atoms with Gasteiger partial charge in [0.05, 0.1) is 28.4 Å². The molecule has 0 radical (unpaired) electrons. The fourth-order valence-electron chi connectivity index (χ4n) is 3.50. The van der Waals surface area contributed by atoms with Crippen LogP contribution in [0.3, 0.4) is 0 Å². The fraction of sp³-hybridized carbons (Fsp3) is 0.238. The average Bonchev–Trinajstić information content (AvgIpc) is 2.97. The summed E-state index contributed by atoms with van der Waals surface area (Å²) in [5.74, 6) is -2.34. The molecule has 12 heteroatoms. The maximum absolute atomic E-state index is 14.6. The number of anilines is 2. The Morgan fingerprint density at radius 2 is 1.79 bits per heavy atom. The second kappa shape index (κ2) is 8.32. The van der Waals surface area contributed by atoms with Gasteiger partial charge in [-0.25, -0.2) is 8.60 Å². The first-order valence-electron chi connectivity index (χ1n) is 9.33. The highest BCUT2D eigenvalue weighted by atomic mass is 32.1. The van der Waals surface area contributed by atoms with E-state index in [0.717, 1.165) is 23.1 Å². The summed E-state index contributed by atoms with van der Waals surface area (Å²) in [6.45, 7) is 2.84. The number of carbonyl (C=O) groups is 2. The maximum atomic E-state index is 14.6. The van der Waals surface area contributed by atoms with Crippen LogP contribution < -0.4 is 15.1 Å². The molecule has 2 aromatic rings. The van der Waals surface area contributed by atoms with Gasteiger partial charge in [0.1, 0.15) is 22.6 Å². The minimum Gasteiger partial charge on any atom is -0.355 e. The lowest BCUT2D eigenvalue weighted by Gasteiger charge is -2.29. The van der Waals surface area contributed by atoms with E-state index < -0.39 is 40.5 Å². The molecule has 0 saturated carbocycles. The highest BCUT2D eigenvalue weighted by molar-refractivity contribution is 7.67. The smallest absolute Gasteiger partial charge is 0.355 e. The number of carbonyl (C=O) groups excluding carboxylic acids is 2. The van der Waals surface area contributed by atoms with Crippen LogP contribution in [0.2, 0.25) is 0 Å². The maximum Gasteiger partial charge on any atom is 0.417 e. The van der Waals surface area contributed by atoms with Gasteiger partial charge < -0.3 is 10.2 Å². The van der Waals surface area contributed by atoms with E-state index in [4.69, 9.17) is 5.26 Å². The lowest BCUT2D eigenvalue weighted by atomic mass is 10.0. The van der Waals surface area contributed by atoms with Gasteiger partial charge in [0.2, 0.25) is 5.11 Å². The van der Waals surface area contributed by atoms with Crippen molar-refractivity contribution in [2.75, 3.05) is 16.8 Å². The number of benzene rings is 2. The van der Waals surface area contributed by atoms with Gasteiger partial charge in [-0.05, 0) is 50.2 Å². The van der Waals surface area contributed by atoms with E-state index >= 15 is 0 Å². The average molecular weight is 480 g/mol. The number of nitrogens with zero attached hydrogens (tertiary/aromatic N) is 3. The van der Waals surface area contributed by atoms with Crippen molar-refractivity contribution in [1.29, 1.82) is 5.26 Å². The Labute approximate surface area is 189 Å². The molecule has 0 aliphatic carbocycles. The van der Waals surface area contributed by atoms with Gasteiger partial charge in [0.15, 0.2) is 0 Å². The van der Waals surface area contributed by atoms with Gasteiger partial charge in [-0.1, -0.05) is 0 Å². The second-order valence-corrected chi connectivity index (χ2v) is 8.02. The summed E-state index contributed by atoms with van der Waals surface area (Å²) < 4.78 is 66.9. The van der Waals surface area contributed by atoms with Crippen LogP contribution in [0, 0.1) is 17.1 Å². The van der Waals surface area contributed by atoms with Gasteiger partial charge >= 0.3 is 6.18 Å². The standard InChI is InChI=1S/C21H16F4N4O3S/c1-20(2)18(31)28(12-5-4-11(10-26)15(8-12)21(23,24)25)19(33-32)29(20)13-6-7-14(16(22)9-13)17(30)27-3/h4-9H,1-3H3,(H,27,30). The first kappa shape index (κ1) is 23.9. The summed E-state index contributed by atoms with van der Waals surface area (Å²) in [5, 5.41) is 11.0. The third-order valence-corrected chi connectivity index (χ3v) is 5.63. The summed E-state index contributed by atoms with van der Waals surface area (Å²) in [7, 11) is 1.32. The quantitative estimate of drug-likeness (QED) is 0.539. The zero-order chi connectivity index (χ0) is 24.7. The molecule has 172 valence electrons. The molecular weight excluding hydrogens is 464 g/mol. The van der Waals surface area contributed by atoms with Crippen molar-refractivity contribution >= 4 is 39.6 Å². The molecule has 1 N–H and O–H groups in total. The number of alkyl halides is 3. The van der Waals surface area contributed by atoms with E-state index in [9.17, 15) is 31.4 Å². The van der Waals surface area contributed by atoms with E-state index in [-0.39, 0.29) is 33.3 Å². The van der Waals surface area contributed by atoms with E-state index in [1.165, 1.54) is 44.0 Å². The lowest BCUT2D eigenvalue weighted by Crippen LogP contribution is -2.44. The Hall–Kier alpha value is -3.72. The molecule has 1 heterocycles. The Bertz CT molecular complexity index is 1260. The van der Waals surface area contributed by atoms with Crippen molar-refractivity contribution in [3.05, 3.63) is 58.9 Å². The van der Waals surface area contributed by atoms with Crippen LogP contribution in [0.1, 0.15) is 35.3 Å². The zero-order valence-corrected chi connectivity index (χ0v) is 18.3. The number of hydrogen-bond acceptors (Lipinski definition) is 4. The molecule has 0 atom stereocenters. The molecule has 0 unspecified atom stereocenters. The van der Waals surface area contributed by atoms with Gasteiger partial charge in [0.25, 0.3) is 11.8 Å². The van der Waals surface area contributed by atoms with Crippen molar-refractivity contribution in [2.45, 2.75) is 25.6 Å². The zero-order valence-electron chi connectivity index (χ0n) is 17.5. The molecule has 0 aromatic heterocycles. The van der Waals surface area contributed by atoms with Crippen LogP contribution >= 0.6 is 0 Å². The van der Waals surface area contributed by atoms with E-state index in [0.29, 0.717) is 6.07 Å². The third-order valence-electron chi connectivity index (χ3n) is 5.11. The fourth-order valence-corrected chi connectivity index (χ4v) is 4.17. The first-order valence-corrected chi connectivity index (χ1v) is 10.1. The Balaban J connectivity index is 2.17. The van der Waals surface area contributed by atoms with Crippen LogP contribution in [-0.2, 0) is 22.2 Å². The topological polar surface area (TPSA) is 93.5 Å². The monoisotopic (exact) mass is 480 g/mol. The number of halogens is 4. The van der Waals surface area contributed by atoms with Crippen molar-refractivity contribution < 1.29 is 31.4 Å². The predicted molar refractivity (Wildman–Crippen MR) is 113 cm³/mol. The summed E-state index contributed by atoms with van der Waals surface area (Å²) in [5.41, 5.74) is -3.88. The lowest BCUT2D eigenvalue weighted by molar-refractivity contribution is -0.137. The Morgan fingerprint density at radius 3 is 2.30 bits per heavy atom. The highest BCUT2D eigenvalue weighted by Gasteiger charge is 2.51. The third kappa shape index (κ3) is 3.95. The molecule has 0 bridgehead atoms. The molecular formula is C21H16F4N4O3S. The molecule has 2 amide bonds. The number of nitrogens with one attached hydrogen (secondary N) is 1. The molecule has 2 aromatic carbocycles. The van der Waals surface area contributed by atoms with Crippen molar-refractivity contribution in [3.8, 4) is 6.07 Å². The number of nitriles is 1. The molecule has 1 aliphatic heterocycles. The number of hydrogen-bond donors (Lipinski definition) is 1. The molecule has 1 saturated heterocycles. The minimum absolute atomic E-state index is 0.0454. The van der Waals surface area contributed by atoms with E-state index in [1.54, 1.807) is 0 Å². The molecule has 1 aliphatic rings. The van der Waals surface area contributed by atoms with Crippen molar-refractivity contribution in [3.63, 3.8) is 0 Å². The van der Waals surface area contributed by atoms with E-state index in [1.807, 2.05) is 0 Å². The van der Waals surface area contributed by atoms with Crippen LogP contribution in [0.15, 0.2) is 36.4 Å². The van der Waals surface area contributed by atoms with Gasteiger partial charge in [-0.2, -0.15) is 18.4 Å². The SMILES string of the molecule is CNC(=O)c1ccc(N2C(=S=O)N(c3ccc(C#N)c(C(F)(F)F)c3)C(=O)C2(C)C)cc1F. The molecule has 33 heavy (non-hydrogen) atoms. The van der Waals surface area contributed by atoms with Gasteiger partial charge in [0, 0.05) is 12.7 Å². The van der Waals surface area contributed by atoms with Crippen LogP contribution in [0.25, 0.3) is 0 Å². The van der Waals surface area contributed by atoms with Crippen LogP contribution in [-0.4, -0.2) is 33.7 Å². The van der Waals surface area contributed by atoms with Crippen molar-refractivity contribution in [2.24, 2.45) is 0 Å². The highest BCUT2D eigenvalue weighted by Crippen LogP contribution is 2.39. The number of amides is 2. The number of rotatable bonds is 3. The Kier molecular flexibility index (Phi) is 6.04. The van der Waals surface area contributed by atoms with Crippen LogP contribution in [0.5, 0.6) is 0 Å². The second-order valence-electron chi connectivity index (χ2n) is 7.48. The summed E-state index contributed by atoms with van der Waals surface area (Å²) >= 11 is -0.162. The molecule has 3 rings (SSSR count). The Morgan fingerprint density at radius 1 is 1.15 bits per heavy atom. The van der Waals surface area contributed by atoms with Crippen LogP contribution in [0.4, 0.5) is 28.9 Å². The summed E-state index contributed by atoms with van der Waals surface area (Å²) in [6.07, 6.45) is -4.87. The normalized spacial score (nSPS) is 15.5. The van der Waals surface area contributed by atoms with Gasteiger partial charge in [-0.15, -0.1) is 0 Å². The molecule has 0 spiro atoms. The van der Waals surface area contributed by atoms with Gasteiger partial charge in [-0.3, -0.25) is 14.5 Å². The molecule has 1 fully saturated rings. The van der Waals surface area contributed by atoms with Crippen molar-refractivity contribution in [1.82, 2.24) is 5.32 Å². The summed E-state index contributed by atoms with van der Waals surface area (Å²) in [6, 6.07) is 7.54. The minimum atomic E-state index is -4.87. The first-order chi connectivity index (χ1) is 15.4. The summed E-state index contributed by atoms with van der Waals surface area (Å²) in [4.78, 5) is 27.0. The largest absolute Gasteiger partial charge is 0.417 e.